The Labute approximate surface area is 124 Å². The molecule has 0 unspecified atom stereocenters. The third-order valence-corrected chi connectivity index (χ3v) is 3.41. The Balaban J connectivity index is 2.28. The fourth-order valence-corrected chi connectivity index (χ4v) is 2.60. The number of hydrogen-bond acceptors (Lipinski definition) is 2. The molecule has 0 spiro atoms. The highest BCUT2D eigenvalue weighted by atomic mass is 35.5. The number of rotatable bonds is 2. The van der Waals surface area contributed by atoms with Gasteiger partial charge in [0.05, 0.1) is 28.4 Å². The molecule has 0 atom stereocenters. The standard InChI is InChI=1S/C14H9Cl2FN2O/c1-20-12-4-2-3-10(17)13(12)11-7-19-6-8(15)5-9(16)14(19)18-11/h2-7H,1H3. The molecule has 3 nitrogen and oxygen atoms in total. The summed E-state index contributed by atoms with van der Waals surface area (Å²) in [5, 5.41) is 0.881. The van der Waals surface area contributed by atoms with Gasteiger partial charge in [-0.25, -0.2) is 9.37 Å². The molecule has 3 aromatic rings. The molecule has 1 aromatic carbocycles. The highest BCUT2D eigenvalue weighted by Crippen LogP contribution is 2.33. The molecule has 0 saturated carbocycles. The van der Waals surface area contributed by atoms with Gasteiger partial charge < -0.3 is 9.14 Å². The average Bonchev–Trinajstić information content (AvgIpc) is 2.81. The third kappa shape index (κ3) is 2.11. The van der Waals surface area contributed by atoms with Gasteiger partial charge in [-0.2, -0.15) is 0 Å². The molecule has 2 heterocycles. The maximum absolute atomic E-state index is 14.0. The van der Waals surface area contributed by atoms with Gasteiger partial charge in [0.15, 0.2) is 5.65 Å². The third-order valence-electron chi connectivity index (χ3n) is 2.92. The van der Waals surface area contributed by atoms with Crippen molar-refractivity contribution < 1.29 is 9.13 Å². The number of pyridine rings is 1. The van der Waals surface area contributed by atoms with Crippen LogP contribution in [-0.2, 0) is 0 Å². The van der Waals surface area contributed by atoms with Crippen molar-refractivity contribution in [2.24, 2.45) is 0 Å². The zero-order valence-electron chi connectivity index (χ0n) is 10.4. The Morgan fingerprint density at radius 2 is 2.05 bits per heavy atom. The Kier molecular flexibility index (Phi) is 3.28. The molecule has 0 saturated heterocycles. The van der Waals surface area contributed by atoms with Crippen LogP contribution >= 0.6 is 23.2 Å². The molecule has 102 valence electrons. The van der Waals surface area contributed by atoms with Crippen LogP contribution in [0.15, 0.2) is 36.7 Å². The van der Waals surface area contributed by atoms with Crippen molar-refractivity contribution in [3.8, 4) is 17.0 Å². The van der Waals surface area contributed by atoms with Crippen LogP contribution in [0.4, 0.5) is 4.39 Å². The first-order valence-electron chi connectivity index (χ1n) is 5.77. The van der Waals surface area contributed by atoms with Gasteiger partial charge in [0.1, 0.15) is 11.6 Å². The summed E-state index contributed by atoms with van der Waals surface area (Å²) in [6, 6.07) is 6.21. The van der Waals surface area contributed by atoms with Crippen LogP contribution in [0.25, 0.3) is 16.9 Å². The van der Waals surface area contributed by atoms with Crippen molar-refractivity contribution in [3.63, 3.8) is 0 Å². The molecular weight excluding hydrogens is 302 g/mol. The number of hydrogen-bond donors (Lipinski definition) is 0. The summed E-state index contributed by atoms with van der Waals surface area (Å²) < 4.78 is 20.9. The van der Waals surface area contributed by atoms with E-state index in [4.69, 9.17) is 27.9 Å². The van der Waals surface area contributed by atoms with E-state index in [1.54, 1.807) is 35.0 Å². The summed E-state index contributed by atoms with van der Waals surface area (Å²) >= 11 is 12.0. The number of methoxy groups -OCH3 is 1. The van der Waals surface area contributed by atoms with Crippen LogP contribution in [0.1, 0.15) is 0 Å². The van der Waals surface area contributed by atoms with E-state index in [1.807, 2.05) is 0 Å². The van der Waals surface area contributed by atoms with Crippen LogP contribution in [0.5, 0.6) is 5.75 Å². The average molecular weight is 311 g/mol. The van der Waals surface area contributed by atoms with Crippen molar-refractivity contribution in [1.82, 2.24) is 9.38 Å². The summed E-state index contributed by atoms with van der Waals surface area (Å²) in [5.41, 5.74) is 1.24. The zero-order valence-corrected chi connectivity index (χ0v) is 11.9. The molecular formula is C14H9Cl2FN2O. The Hall–Kier alpha value is -1.78. The molecule has 0 aliphatic heterocycles. The number of halogens is 3. The first kappa shape index (κ1) is 13.2. The van der Waals surface area contributed by atoms with E-state index in [0.29, 0.717) is 32.7 Å². The van der Waals surface area contributed by atoms with Crippen LogP contribution in [-0.4, -0.2) is 16.5 Å². The van der Waals surface area contributed by atoms with Crippen molar-refractivity contribution >= 4 is 28.8 Å². The van der Waals surface area contributed by atoms with Crippen LogP contribution in [0.3, 0.4) is 0 Å². The van der Waals surface area contributed by atoms with Gasteiger partial charge in [-0.05, 0) is 18.2 Å². The van der Waals surface area contributed by atoms with Gasteiger partial charge in [0.25, 0.3) is 0 Å². The van der Waals surface area contributed by atoms with Crippen LogP contribution in [0, 0.1) is 5.82 Å². The van der Waals surface area contributed by atoms with Crippen LogP contribution in [0.2, 0.25) is 10.0 Å². The molecule has 0 fully saturated rings. The lowest BCUT2D eigenvalue weighted by molar-refractivity contribution is 0.413. The highest BCUT2D eigenvalue weighted by Gasteiger charge is 2.16. The predicted octanol–water partition coefficient (Wildman–Crippen LogP) is 4.46. The maximum atomic E-state index is 14.0. The Morgan fingerprint density at radius 3 is 2.80 bits per heavy atom. The lowest BCUT2D eigenvalue weighted by atomic mass is 10.1. The molecule has 0 bridgehead atoms. The van der Waals surface area contributed by atoms with E-state index in [2.05, 4.69) is 4.98 Å². The minimum atomic E-state index is -0.407. The van der Waals surface area contributed by atoms with E-state index in [9.17, 15) is 4.39 Å². The first-order chi connectivity index (χ1) is 9.60. The summed E-state index contributed by atoms with van der Waals surface area (Å²) in [7, 11) is 1.48. The molecule has 0 aliphatic carbocycles. The van der Waals surface area contributed by atoms with E-state index < -0.39 is 5.82 Å². The summed E-state index contributed by atoms with van der Waals surface area (Å²) in [4.78, 5) is 4.35. The highest BCUT2D eigenvalue weighted by molar-refractivity contribution is 6.36. The number of nitrogens with zero attached hydrogens (tertiary/aromatic N) is 2. The number of benzene rings is 1. The minimum Gasteiger partial charge on any atom is -0.496 e. The fourth-order valence-electron chi connectivity index (χ4n) is 2.07. The summed E-state index contributed by atoms with van der Waals surface area (Å²) in [5.74, 6) is 0.00519. The predicted molar refractivity (Wildman–Crippen MR) is 77.2 cm³/mol. The molecule has 0 aliphatic rings. The Morgan fingerprint density at radius 1 is 1.25 bits per heavy atom. The minimum absolute atomic E-state index is 0.297. The number of imidazole rings is 1. The topological polar surface area (TPSA) is 26.5 Å². The van der Waals surface area contributed by atoms with E-state index >= 15 is 0 Å². The van der Waals surface area contributed by atoms with E-state index in [-0.39, 0.29) is 0 Å². The maximum Gasteiger partial charge on any atom is 0.156 e. The fraction of sp³-hybridized carbons (Fsp3) is 0.0714. The van der Waals surface area contributed by atoms with Crippen LogP contribution < -0.4 is 4.74 Å². The monoisotopic (exact) mass is 310 g/mol. The lowest BCUT2D eigenvalue weighted by Crippen LogP contribution is -1.91. The molecule has 0 amide bonds. The largest absolute Gasteiger partial charge is 0.496 e. The van der Waals surface area contributed by atoms with Gasteiger partial charge in [0.2, 0.25) is 0 Å². The molecule has 2 aromatic heterocycles. The second-order valence-corrected chi connectivity index (χ2v) is 5.02. The summed E-state index contributed by atoms with van der Waals surface area (Å²) in [6.07, 6.45) is 3.32. The number of aromatic nitrogens is 2. The first-order valence-corrected chi connectivity index (χ1v) is 6.52. The normalized spacial score (nSPS) is 11.0. The van der Waals surface area contributed by atoms with E-state index in [0.717, 1.165) is 0 Å². The summed E-state index contributed by atoms with van der Waals surface area (Å²) in [6.45, 7) is 0. The van der Waals surface area contributed by atoms with Gasteiger partial charge in [0, 0.05) is 12.4 Å². The van der Waals surface area contributed by atoms with Gasteiger partial charge >= 0.3 is 0 Å². The number of ether oxygens (including phenoxy) is 1. The molecule has 3 rings (SSSR count). The van der Waals surface area contributed by atoms with Crippen molar-refractivity contribution in [3.05, 3.63) is 52.5 Å². The molecule has 0 N–H and O–H groups in total. The van der Waals surface area contributed by atoms with Crippen molar-refractivity contribution in [2.75, 3.05) is 7.11 Å². The van der Waals surface area contributed by atoms with Gasteiger partial charge in [-0.1, -0.05) is 29.3 Å². The Bertz CT molecular complexity index is 801. The van der Waals surface area contributed by atoms with Crippen molar-refractivity contribution in [2.45, 2.75) is 0 Å². The molecule has 0 radical (unpaired) electrons. The number of fused-ring (bicyclic) bond motifs is 1. The zero-order chi connectivity index (χ0) is 14.3. The van der Waals surface area contributed by atoms with Crippen molar-refractivity contribution in [1.29, 1.82) is 0 Å². The smallest absolute Gasteiger partial charge is 0.156 e. The van der Waals surface area contributed by atoms with Gasteiger partial charge in [-0.3, -0.25) is 0 Å². The quantitative estimate of drug-likeness (QED) is 0.699. The second kappa shape index (κ2) is 4.96. The molecule has 20 heavy (non-hydrogen) atoms. The lowest BCUT2D eigenvalue weighted by Gasteiger charge is -2.06. The molecule has 6 heteroatoms. The van der Waals surface area contributed by atoms with E-state index in [1.165, 1.54) is 13.2 Å². The van der Waals surface area contributed by atoms with Gasteiger partial charge in [-0.15, -0.1) is 0 Å². The second-order valence-electron chi connectivity index (χ2n) is 4.18. The SMILES string of the molecule is COc1cccc(F)c1-c1cn2cc(Cl)cc(Cl)c2n1.